The molecule has 0 saturated heterocycles. The predicted octanol–water partition coefficient (Wildman–Crippen LogP) is 3.32. The third kappa shape index (κ3) is 2.96. The summed E-state index contributed by atoms with van der Waals surface area (Å²) in [5.41, 5.74) is 1.02. The second kappa shape index (κ2) is 6.22. The Balaban J connectivity index is 2.12. The Morgan fingerprint density at radius 2 is 2.17 bits per heavy atom. The molecule has 2 aromatic heterocycles. The van der Waals surface area contributed by atoms with Crippen molar-refractivity contribution in [3.8, 4) is 0 Å². The normalized spacial score (nSPS) is 10.7. The molecule has 23 heavy (non-hydrogen) atoms. The lowest BCUT2D eigenvalue weighted by Gasteiger charge is -2.12. The van der Waals surface area contributed by atoms with Crippen LogP contribution in [0.15, 0.2) is 53.7 Å². The maximum Gasteiger partial charge on any atom is 0.261 e. The lowest BCUT2D eigenvalue weighted by molar-refractivity contribution is 0.102. The van der Waals surface area contributed by atoms with Gasteiger partial charge in [0.25, 0.3) is 5.91 Å². The first kappa shape index (κ1) is 15.2. The number of carbonyl (C=O) groups excluding carboxylic acids is 1. The van der Waals surface area contributed by atoms with Gasteiger partial charge < -0.3 is 9.88 Å². The minimum atomic E-state index is -0.466. The number of aryl methyl sites for hydroxylation is 1. The fraction of sp³-hybridized carbons (Fsp3) is 0.118. The number of benzene rings is 1. The van der Waals surface area contributed by atoms with Crippen molar-refractivity contribution in [2.75, 3.05) is 5.32 Å². The number of nitrogens with one attached hydrogen (secondary N) is 1. The first-order chi connectivity index (χ1) is 11.1. The monoisotopic (exact) mass is 327 g/mol. The Morgan fingerprint density at radius 1 is 1.35 bits per heavy atom. The van der Waals surface area contributed by atoms with Crippen LogP contribution < -0.4 is 10.7 Å². The zero-order valence-corrected chi connectivity index (χ0v) is 13.2. The van der Waals surface area contributed by atoms with E-state index in [1.165, 1.54) is 6.20 Å². The smallest absolute Gasteiger partial charge is 0.261 e. The molecule has 5 nitrogen and oxygen atoms in total. The molecule has 0 unspecified atom stereocenters. The van der Waals surface area contributed by atoms with Gasteiger partial charge in [-0.2, -0.15) is 0 Å². The van der Waals surface area contributed by atoms with E-state index >= 15 is 0 Å². The first-order valence-electron chi connectivity index (χ1n) is 7.14. The summed E-state index contributed by atoms with van der Waals surface area (Å²) < 4.78 is 1.85. The van der Waals surface area contributed by atoms with Crippen molar-refractivity contribution < 1.29 is 4.79 Å². The highest BCUT2D eigenvalue weighted by atomic mass is 35.5. The molecule has 1 amide bonds. The van der Waals surface area contributed by atoms with Gasteiger partial charge in [0.2, 0.25) is 5.43 Å². The standard InChI is InChI=1S/C17H14ClN3O2/c1-2-21-10-14(17(23)20-12-4-3-7-19-9-12)16(22)13-8-11(18)5-6-15(13)21/h3-10H,2H2,1H3,(H,20,23). The average Bonchev–Trinajstić information content (AvgIpc) is 2.56. The van der Waals surface area contributed by atoms with Gasteiger partial charge in [-0.15, -0.1) is 0 Å². The second-order valence-electron chi connectivity index (χ2n) is 5.02. The Morgan fingerprint density at radius 3 is 2.87 bits per heavy atom. The summed E-state index contributed by atoms with van der Waals surface area (Å²) in [5.74, 6) is -0.466. The van der Waals surface area contributed by atoms with E-state index in [0.717, 1.165) is 5.52 Å². The van der Waals surface area contributed by atoms with Crippen LogP contribution in [0.4, 0.5) is 5.69 Å². The number of anilines is 1. The van der Waals surface area contributed by atoms with Gasteiger partial charge in [0.05, 0.1) is 17.4 Å². The van der Waals surface area contributed by atoms with Gasteiger partial charge in [-0.25, -0.2) is 0 Å². The van der Waals surface area contributed by atoms with Crippen LogP contribution in [0.3, 0.4) is 0 Å². The molecule has 0 spiro atoms. The van der Waals surface area contributed by atoms with E-state index in [9.17, 15) is 9.59 Å². The van der Waals surface area contributed by atoms with E-state index in [2.05, 4.69) is 10.3 Å². The molecule has 1 N–H and O–H groups in total. The van der Waals surface area contributed by atoms with Crippen LogP contribution >= 0.6 is 11.6 Å². The van der Waals surface area contributed by atoms with E-state index in [0.29, 0.717) is 22.6 Å². The van der Waals surface area contributed by atoms with Gasteiger partial charge in [0.15, 0.2) is 0 Å². The number of amides is 1. The highest BCUT2D eigenvalue weighted by Gasteiger charge is 2.15. The summed E-state index contributed by atoms with van der Waals surface area (Å²) in [6.45, 7) is 2.58. The third-order valence-corrected chi connectivity index (χ3v) is 3.78. The minimum Gasteiger partial charge on any atom is -0.347 e. The van der Waals surface area contributed by atoms with Gasteiger partial charge in [0, 0.05) is 29.3 Å². The first-order valence-corrected chi connectivity index (χ1v) is 7.52. The van der Waals surface area contributed by atoms with Crippen molar-refractivity contribution in [2.45, 2.75) is 13.5 Å². The fourth-order valence-corrected chi connectivity index (χ4v) is 2.60. The number of hydrogen-bond donors (Lipinski definition) is 1. The quantitative estimate of drug-likeness (QED) is 0.802. The molecule has 0 aliphatic rings. The van der Waals surface area contributed by atoms with Crippen molar-refractivity contribution in [3.63, 3.8) is 0 Å². The molecular weight excluding hydrogens is 314 g/mol. The summed E-state index contributed by atoms with van der Waals surface area (Å²) in [6, 6.07) is 8.52. The maximum atomic E-state index is 12.6. The van der Waals surface area contributed by atoms with Crippen LogP contribution in [0.25, 0.3) is 10.9 Å². The predicted molar refractivity (Wildman–Crippen MR) is 91.1 cm³/mol. The Bertz CT molecular complexity index is 936. The molecule has 6 heteroatoms. The lowest BCUT2D eigenvalue weighted by atomic mass is 10.1. The molecule has 0 bridgehead atoms. The summed E-state index contributed by atoms with van der Waals surface area (Å²) >= 11 is 5.99. The van der Waals surface area contributed by atoms with Crippen LogP contribution in [0.2, 0.25) is 5.02 Å². The number of halogens is 1. The molecule has 0 aliphatic carbocycles. The van der Waals surface area contributed by atoms with Gasteiger partial charge >= 0.3 is 0 Å². The van der Waals surface area contributed by atoms with Gasteiger partial charge in [-0.3, -0.25) is 14.6 Å². The minimum absolute atomic E-state index is 0.0745. The van der Waals surface area contributed by atoms with Gasteiger partial charge in [-0.1, -0.05) is 11.6 Å². The van der Waals surface area contributed by atoms with Crippen molar-refractivity contribution in [1.82, 2.24) is 9.55 Å². The van der Waals surface area contributed by atoms with E-state index < -0.39 is 5.91 Å². The molecule has 0 saturated carbocycles. The highest BCUT2D eigenvalue weighted by molar-refractivity contribution is 6.31. The van der Waals surface area contributed by atoms with Crippen molar-refractivity contribution >= 4 is 34.1 Å². The Hall–Kier alpha value is -2.66. The topological polar surface area (TPSA) is 64.0 Å². The van der Waals surface area contributed by atoms with E-state index in [-0.39, 0.29) is 11.0 Å². The van der Waals surface area contributed by atoms with Crippen LogP contribution in [-0.4, -0.2) is 15.5 Å². The van der Waals surface area contributed by atoms with Crippen molar-refractivity contribution in [3.05, 3.63) is 69.7 Å². The van der Waals surface area contributed by atoms with Crippen LogP contribution in [0, 0.1) is 0 Å². The van der Waals surface area contributed by atoms with Crippen LogP contribution in [0.5, 0.6) is 0 Å². The summed E-state index contributed by atoms with van der Waals surface area (Å²) in [6.07, 6.45) is 4.70. The van der Waals surface area contributed by atoms with Crippen LogP contribution in [-0.2, 0) is 6.54 Å². The molecule has 0 atom stereocenters. The number of nitrogens with zero attached hydrogens (tertiary/aromatic N) is 2. The Labute approximate surface area is 137 Å². The molecule has 0 aliphatic heterocycles. The summed E-state index contributed by atoms with van der Waals surface area (Å²) in [4.78, 5) is 29.0. The van der Waals surface area contributed by atoms with Crippen LogP contribution in [0.1, 0.15) is 17.3 Å². The summed E-state index contributed by atoms with van der Waals surface area (Å²) in [5, 5.41) is 3.57. The van der Waals surface area contributed by atoms with Crippen molar-refractivity contribution in [1.29, 1.82) is 0 Å². The van der Waals surface area contributed by atoms with E-state index in [1.54, 1.807) is 42.7 Å². The van der Waals surface area contributed by atoms with Crippen molar-refractivity contribution in [2.24, 2.45) is 0 Å². The fourth-order valence-electron chi connectivity index (χ4n) is 2.43. The maximum absolute atomic E-state index is 12.6. The lowest BCUT2D eigenvalue weighted by Crippen LogP contribution is -2.23. The largest absolute Gasteiger partial charge is 0.347 e. The number of aromatic nitrogens is 2. The summed E-state index contributed by atoms with van der Waals surface area (Å²) in [7, 11) is 0. The van der Waals surface area contributed by atoms with Gasteiger partial charge in [-0.05, 0) is 37.3 Å². The number of fused-ring (bicyclic) bond motifs is 1. The zero-order valence-electron chi connectivity index (χ0n) is 12.4. The molecule has 1 aromatic carbocycles. The molecule has 2 heterocycles. The van der Waals surface area contributed by atoms with Gasteiger partial charge in [0.1, 0.15) is 5.56 Å². The van der Waals surface area contributed by atoms with E-state index in [1.807, 2.05) is 11.5 Å². The number of pyridine rings is 2. The third-order valence-electron chi connectivity index (χ3n) is 3.55. The highest BCUT2D eigenvalue weighted by Crippen LogP contribution is 2.18. The Kier molecular flexibility index (Phi) is 4.12. The molecule has 0 fully saturated rings. The molecule has 116 valence electrons. The molecule has 3 aromatic rings. The number of carbonyl (C=O) groups is 1. The van der Waals surface area contributed by atoms with E-state index in [4.69, 9.17) is 11.6 Å². The SMILES string of the molecule is CCn1cc(C(=O)Nc2cccnc2)c(=O)c2cc(Cl)ccc21. The molecule has 3 rings (SSSR count). The zero-order chi connectivity index (χ0) is 16.4. The number of rotatable bonds is 3. The number of hydrogen-bond acceptors (Lipinski definition) is 3. The molecular formula is C17H14ClN3O2. The average molecular weight is 328 g/mol. The second-order valence-corrected chi connectivity index (χ2v) is 5.45. The molecule has 0 radical (unpaired) electrons.